The van der Waals surface area contributed by atoms with Crippen molar-refractivity contribution >= 4 is 39.1 Å². The number of anilines is 1. The van der Waals surface area contributed by atoms with Crippen molar-refractivity contribution in [3.63, 3.8) is 0 Å². The van der Waals surface area contributed by atoms with Crippen molar-refractivity contribution < 1.29 is 14.3 Å². The van der Waals surface area contributed by atoms with Gasteiger partial charge in [-0.15, -0.1) is 11.3 Å². The van der Waals surface area contributed by atoms with Gasteiger partial charge in [-0.3, -0.25) is 14.2 Å². The molecule has 0 aliphatic rings. The number of nitrogens with zero attached hydrogens (tertiary/aromatic N) is 2. The van der Waals surface area contributed by atoms with Gasteiger partial charge in [-0.2, -0.15) is 0 Å². The van der Waals surface area contributed by atoms with Crippen LogP contribution in [0.2, 0.25) is 0 Å². The topological polar surface area (TPSA) is 90.3 Å². The van der Waals surface area contributed by atoms with Crippen LogP contribution in [0.3, 0.4) is 0 Å². The van der Waals surface area contributed by atoms with Crippen LogP contribution in [-0.4, -0.2) is 28.0 Å². The number of hydrogen-bond donors (Lipinski definition) is 1. The summed E-state index contributed by atoms with van der Waals surface area (Å²) in [6.45, 7) is 9.20. The van der Waals surface area contributed by atoms with Gasteiger partial charge >= 0.3 is 5.97 Å². The van der Waals surface area contributed by atoms with E-state index in [1.54, 1.807) is 20.8 Å². The van der Waals surface area contributed by atoms with Gasteiger partial charge in [-0.25, -0.2) is 9.78 Å². The Morgan fingerprint density at radius 3 is 2.66 bits per heavy atom. The van der Waals surface area contributed by atoms with E-state index in [2.05, 4.69) is 10.3 Å². The molecule has 0 aliphatic carbocycles. The van der Waals surface area contributed by atoms with Crippen LogP contribution in [0.5, 0.6) is 0 Å². The largest absolute Gasteiger partial charge is 0.462 e. The summed E-state index contributed by atoms with van der Waals surface area (Å²) in [5.74, 6) is -0.793. The predicted octanol–water partition coefficient (Wildman–Crippen LogP) is 3.76. The molecule has 0 saturated heterocycles. The average Bonchev–Trinajstić information content (AvgIpc) is 3.01. The van der Waals surface area contributed by atoms with E-state index in [0.717, 1.165) is 22.5 Å². The molecule has 0 aliphatic heterocycles. The van der Waals surface area contributed by atoms with Gasteiger partial charge in [-0.05, 0) is 51.8 Å². The van der Waals surface area contributed by atoms with Crippen molar-refractivity contribution in [2.24, 2.45) is 0 Å². The standard InChI is InChI=1S/C21H23N3O4S/c1-6-28-21(27)17-13(4)16-19(29-17)22-10-24(20(16)26)14(5)18(25)23-15-8-7-11(2)9-12(15)3/h7-10,14H,6H2,1-5H3,(H,23,25)/t14-/m0/s1. The highest BCUT2D eigenvalue weighted by Crippen LogP contribution is 2.28. The zero-order chi connectivity index (χ0) is 21.3. The third kappa shape index (κ3) is 3.93. The van der Waals surface area contributed by atoms with Crippen LogP contribution in [0.1, 0.15) is 46.3 Å². The van der Waals surface area contributed by atoms with Crippen LogP contribution in [0.25, 0.3) is 10.2 Å². The van der Waals surface area contributed by atoms with Gasteiger partial charge in [0.2, 0.25) is 5.91 Å². The molecule has 2 aromatic heterocycles. The lowest BCUT2D eigenvalue weighted by molar-refractivity contribution is -0.118. The number of esters is 1. The second-order valence-electron chi connectivity index (χ2n) is 6.90. The quantitative estimate of drug-likeness (QED) is 0.643. The third-order valence-electron chi connectivity index (χ3n) is 4.77. The number of thiophene rings is 1. The molecule has 29 heavy (non-hydrogen) atoms. The number of fused-ring (bicyclic) bond motifs is 1. The molecule has 0 saturated carbocycles. The number of ether oxygens (including phenoxy) is 1. The molecular weight excluding hydrogens is 390 g/mol. The summed E-state index contributed by atoms with van der Waals surface area (Å²) in [6.07, 6.45) is 1.35. The minimum atomic E-state index is -0.773. The summed E-state index contributed by atoms with van der Waals surface area (Å²) in [4.78, 5) is 43.0. The molecular formula is C21H23N3O4S. The first kappa shape index (κ1) is 20.7. The third-order valence-corrected chi connectivity index (χ3v) is 5.95. The maximum absolute atomic E-state index is 13.1. The van der Waals surface area contributed by atoms with Crippen molar-refractivity contribution in [1.82, 2.24) is 9.55 Å². The molecule has 1 N–H and O–H groups in total. The molecule has 1 aromatic carbocycles. The number of aromatic nitrogens is 2. The molecule has 0 unspecified atom stereocenters. The zero-order valence-electron chi connectivity index (χ0n) is 17.0. The van der Waals surface area contributed by atoms with E-state index >= 15 is 0 Å². The van der Waals surface area contributed by atoms with Gasteiger partial charge in [0.05, 0.1) is 18.3 Å². The monoisotopic (exact) mass is 413 g/mol. The number of carbonyl (C=O) groups excluding carboxylic acids is 2. The van der Waals surface area contributed by atoms with Gasteiger partial charge in [0, 0.05) is 5.69 Å². The van der Waals surface area contributed by atoms with Crippen LogP contribution in [0.4, 0.5) is 5.69 Å². The highest BCUT2D eigenvalue weighted by atomic mass is 32.1. The highest BCUT2D eigenvalue weighted by molar-refractivity contribution is 7.20. The molecule has 8 heteroatoms. The van der Waals surface area contributed by atoms with Gasteiger partial charge < -0.3 is 10.1 Å². The number of hydrogen-bond acceptors (Lipinski definition) is 6. The number of amides is 1. The van der Waals surface area contributed by atoms with E-state index in [9.17, 15) is 14.4 Å². The maximum Gasteiger partial charge on any atom is 0.348 e. The molecule has 1 amide bonds. The van der Waals surface area contributed by atoms with Gasteiger partial charge in [-0.1, -0.05) is 17.7 Å². The smallest absolute Gasteiger partial charge is 0.348 e. The van der Waals surface area contributed by atoms with E-state index in [0.29, 0.717) is 26.3 Å². The molecule has 0 spiro atoms. The first-order valence-corrected chi connectivity index (χ1v) is 10.1. The van der Waals surface area contributed by atoms with Gasteiger partial charge in [0.15, 0.2) is 0 Å². The van der Waals surface area contributed by atoms with Crippen molar-refractivity contribution in [3.8, 4) is 0 Å². The summed E-state index contributed by atoms with van der Waals surface area (Å²) in [7, 11) is 0. The van der Waals surface area contributed by atoms with Crippen molar-refractivity contribution in [2.45, 2.75) is 40.7 Å². The summed E-state index contributed by atoms with van der Waals surface area (Å²) >= 11 is 1.12. The summed E-state index contributed by atoms with van der Waals surface area (Å²) in [5.41, 5.74) is 2.91. The molecule has 7 nitrogen and oxygen atoms in total. The van der Waals surface area contributed by atoms with E-state index in [1.807, 2.05) is 32.0 Å². The Morgan fingerprint density at radius 2 is 2.00 bits per heavy atom. The first-order chi connectivity index (χ1) is 13.7. The fourth-order valence-electron chi connectivity index (χ4n) is 3.12. The lowest BCUT2D eigenvalue weighted by Crippen LogP contribution is -2.32. The van der Waals surface area contributed by atoms with Gasteiger partial charge in [0.25, 0.3) is 5.56 Å². The summed E-state index contributed by atoms with van der Waals surface area (Å²) in [6, 6.07) is 4.96. The second kappa shape index (κ2) is 8.16. The molecule has 1 atom stereocenters. The minimum absolute atomic E-state index is 0.250. The van der Waals surface area contributed by atoms with Crippen molar-refractivity contribution in [2.75, 3.05) is 11.9 Å². The minimum Gasteiger partial charge on any atom is -0.462 e. The maximum atomic E-state index is 13.1. The predicted molar refractivity (Wildman–Crippen MR) is 114 cm³/mol. The number of aryl methyl sites for hydroxylation is 3. The number of benzene rings is 1. The van der Waals surface area contributed by atoms with Crippen LogP contribution in [0, 0.1) is 20.8 Å². The van der Waals surface area contributed by atoms with Crippen LogP contribution < -0.4 is 10.9 Å². The Kier molecular flexibility index (Phi) is 5.83. The average molecular weight is 413 g/mol. The van der Waals surface area contributed by atoms with E-state index in [-0.39, 0.29) is 18.1 Å². The highest BCUT2D eigenvalue weighted by Gasteiger charge is 2.23. The van der Waals surface area contributed by atoms with Gasteiger partial charge in [0.1, 0.15) is 15.7 Å². The Morgan fingerprint density at radius 1 is 1.28 bits per heavy atom. The SMILES string of the molecule is CCOC(=O)c1sc2ncn([C@@H](C)C(=O)Nc3ccc(C)cc3C)c(=O)c2c1C. The lowest BCUT2D eigenvalue weighted by Gasteiger charge is -2.16. The number of nitrogens with one attached hydrogen (secondary N) is 1. The zero-order valence-corrected chi connectivity index (χ0v) is 17.8. The first-order valence-electron chi connectivity index (χ1n) is 9.30. The van der Waals surface area contributed by atoms with E-state index in [1.165, 1.54) is 10.9 Å². The number of rotatable bonds is 5. The molecule has 152 valence electrons. The fraction of sp³-hybridized carbons (Fsp3) is 0.333. The molecule has 2 heterocycles. The van der Waals surface area contributed by atoms with Crippen LogP contribution in [-0.2, 0) is 9.53 Å². The Hall–Kier alpha value is -3.00. The molecule has 0 bridgehead atoms. The van der Waals surface area contributed by atoms with Crippen molar-refractivity contribution in [1.29, 1.82) is 0 Å². The Bertz CT molecular complexity index is 1160. The molecule has 3 rings (SSSR count). The second-order valence-corrected chi connectivity index (χ2v) is 7.90. The molecule has 3 aromatic rings. The number of carbonyl (C=O) groups is 2. The fourth-order valence-corrected chi connectivity index (χ4v) is 4.15. The van der Waals surface area contributed by atoms with Crippen LogP contribution >= 0.6 is 11.3 Å². The Labute approximate surface area is 172 Å². The van der Waals surface area contributed by atoms with Crippen molar-refractivity contribution in [3.05, 3.63) is 56.4 Å². The lowest BCUT2D eigenvalue weighted by atomic mass is 10.1. The molecule has 0 radical (unpaired) electrons. The normalized spacial score (nSPS) is 12.0. The van der Waals surface area contributed by atoms with E-state index < -0.39 is 12.0 Å². The van der Waals surface area contributed by atoms with Crippen LogP contribution in [0.15, 0.2) is 29.3 Å². The Balaban J connectivity index is 1.95. The summed E-state index contributed by atoms with van der Waals surface area (Å²) < 4.78 is 6.34. The summed E-state index contributed by atoms with van der Waals surface area (Å²) in [5, 5.41) is 3.21. The molecule has 0 fully saturated rings. The van der Waals surface area contributed by atoms with E-state index in [4.69, 9.17) is 4.74 Å².